The summed E-state index contributed by atoms with van der Waals surface area (Å²) in [6.07, 6.45) is 7.05. The molecule has 94 valence electrons. The molecular weight excluding hydrogens is 200 g/mol. The quantitative estimate of drug-likeness (QED) is 0.587. The fourth-order valence-corrected chi connectivity index (χ4v) is 1.52. The lowest BCUT2D eigenvalue weighted by Gasteiger charge is -2.22. The van der Waals surface area contributed by atoms with Crippen molar-refractivity contribution in [2.75, 3.05) is 7.11 Å². The van der Waals surface area contributed by atoms with Crippen molar-refractivity contribution in [2.24, 2.45) is 0 Å². The summed E-state index contributed by atoms with van der Waals surface area (Å²) in [5.41, 5.74) is 1.37. The maximum absolute atomic E-state index is 10.8. The van der Waals surface area contributed by atoms with Crippen molar-refractivity contribution in [1.29, 1.82) is 0 Å². The molecule has 0 aromatic carbocycles. The molecule has 0 bridgehead atoms. The number of hydrogen-bond donors (Lipinski definition) is 0. The Morgan fingerprint density at radius 3 is 2.38 bits per heavy atom. The Balaban J connectivity index is 3.72. The molecule has 0 radical (unpaired) electrons. The Labute approximate surface area is 100 Å². The third-order valence-corrected chi connectivity index (χ3v) is 2.89. The molecule has 0 heterocycles. The second-order valence-electron chi connectivity index (χ2n) is 5.11. The first kappa shape index (κ1) is 15.4. The minimum atomic E-state index is -0.0142. The van der Waals surface area contributed by atoms with Crippen LogP contribution in [-0.4, -0.2) is 18.5 Å². The number of carbonyl (C=O) groups is 1. The van der Waals surface area contributed by atoms with E-state index in [-0.39, 0.29) is 11.4 Å². The van der Waals surface area contributed by atoms with Crippen molar-refractivity contribution in [3.05, 3.63) is 11.6 Å². The van der Waals surface area contributed by atoms with Gasteiger partial charge in [0.05, 0.1) is 5.60 Å². The summed E-state index contributed by atoms with van der Waals surface area (Å²) in [7, 11) is 1.76. The third-order valence-electron chi connectivity index (χ3n) is 2.89. The van der Waals surface area contributed by atoms with Gasteiger partial charge in [0.1, 0.15) is 5.78 Å². The van der Waals surface area contributed by atoms with Gasteiger partial charge in [-0.05, 0) is 53.4 Å². The molecule has 0 atom stereocenters. The van der Waals surface area contributed by atoms with E-state index in [0.717, 1.165) is 25.7 Å². The first-order chi connectivity index (χ1) is 7.37. The number of methoxy groups -OCH3 is 1. The monoisotopic (exact) mass is 226 g/mol. The molecule has 0 aliphatic rings. The lowest BCUT2D eigenvalue weighted by atomic mass is 9.98. The smallest absolute Gasteiger partial charge is 0.130 e. The van der Waals surface area contributed by atoms with Gasteiger partial charge in [-0.25, -0.2) is 0 Å². The summed E-state index contributed by atoms with van der Waals surface area (Å²) in [5.74, 6) is 0.268. The van der Waals surface area contributed by atoms with Gasteiger partial charge in [0.2, 0.25) is 0 Å². The molecule has 0 spiro atoms. The lowest BCUT2D eigenvalue weighted by molar-refractivity contribution is -0.116. The van der Waals surface area contributed by atoms with Crippen LogP contribution >= 0.6 is 0 Å². The van der Waals surface area contributed by atoms with Crippen molar-refractivity contribution in [3.8, 4) is 0 Å². The van der Waals surface area contributed by atoms with E-state index < -0.39 is 0 Å². The van der Waals surface area contributed by atoms with E-state index in [1.165, 1.54) is 5.57 Å². The van der Waals surface area contributed by atoms with Crippen LogP contribution in [0.4, 0.5) is 0 Å². The number of rotatable bonds is 8. The van der Waals surface area contributed by atoms with Crippen LogP contribution in [0.1, 0.15) is 59.8 Å². The maximum atomic E-state index is 10.8. The molecule has 2 nitrogen and oxygen atoms in total. The summed E-state index contributed by atoms with van der Waals surface area (Å²) in [5, 5.41) is 0. The standard InChI is InChI=1S/C14H26O2/c1-12(8-6-10-13(2)15)9-7-11-14(3,4)16-5/h8H,6-7,9-11H2,1-5H3/b12-8+. The Bertz CT molecular complexity index is 239. The fourth-order valence-electron chi connectivity index (χ4n) is 1.52. The largest absolute Gasteiger partial charge is 0.379 e. The van der Waals surface area contributed by atoms with Gasteiger partial charge in [0.15, 0.2) is 0 Å². The first-order valence-corrected chi connectivity index (χ1v) is 6.07. The summed E-state index contributed by atoms with van der Waals surface area (Å²) in [6.45, 7) is 8.01. The van der Waals surface area contributed by atoms with Gasteiger partial charge in [-0.3, -0.25) is 0 Å². The second kappa shape index (κ2) is 7.61. The van der Waals surface area contributed by atoms with Gasteiger partial charge >= 0.3 is 0 Å². The average Bonchev–Trinajstić information content (AvgIpc) is 2.17. The number of carbonyl (C=O) groups excluding carboxylic acids is 1. The predicted molar refractivity (Wildman–Crippen MR) is 68.6 cm³/mol. The van der Waals surface area contributed by atoms with Crippen molar-refractivity contribution < 1.29 is 9.53 Å². The summed E-state index contributed by atoms with van der Waals surface area (Å²) < 4.78 is 5.37. The van der Waals surface area contributed by atoms with E-state index in [1.807, 2.05) is 0 Å². The summed E-state index contributed by atoms with van der Waals surface area (Å²) in [4.78, 5) is 10.8. The average molecular weight is 226 g/mol. The summed E-state index contributed by atoms with van der Waals surface area (Å²) in [6, 6.07) is 0. The van der Waals surface area contributed by atoms with Crippen molar-refractivity contribution in [1.82, 2.24) is 0 Å². The number of hydrogen-bond acceptors (Lipinski definition) is 2. The molecule has 2 heteroatoms. The van der Waals surface area contributed by atoms with Gasteiger partial charge in [0, 0.05) is 13.5 Å². The van der Waals surface area contributed by atoms with Gasteiger partial charge in [0.25, 0.3) is 0 Å². The minimum Gasteiger partial charge on any atom is -0.379 e. The van der Waals surface area contributed by atoms with Gasteiger partial charge in [-0.15, -0.1) is 0 Å². The predicted octanol–water partition coefficient (Wildman–Crippen LogP) is 3.90. The van der Waals surface area contributed by atoms with E-state index in [1.54, 1.807) is 14.0 Å². The molecule has 0 aromatic rings. The number of allylic oxidation sites excluding steroid dienone is 2. The van der Waals surface area contributed by atoms with Crippen molar-refractivity contribution in [3.63, 3.8) is 0 Å². The number of ketones is 1. The van der Waals surface area contributed by atoms with E-state index in [2.05, 4.69) is 26.8 Å². The van der Waals surface area contributed by atoms with Crippen LogP contribution in [0.3, 0.4) is 0 Å². The fraction of sp³-hybridized carbons (Fsp3) is 0.786. The Morgan fingerprint density at radius 2 is 1.88 bits per heavy atom. The molecule has 0 N–H and O–H groups in total. The zero-order valence-corrected chi connectivity index (χ0v) is 11.4. The molecular formula is C14H26O2. The van der Waals surface area contributed by atoms with Crippen LogP contribution in [0.25, 0.3) is 0 Å². The Kier molecular flexibility index (Phi) is 7.31. The van der Waals surface area contributed by atoms with E-state index in [9.17, 15) is 4.79 Å². The number of Topliss-reactive ketones (excluding diaryl/α,β-unsaturated/α-hetero) is 1. The Hall–Kier alpha value is -0.630. The van der Waals surface area contributed by atoms with E-state index in [4.69, 9.17) is 4.74 Å². The highest BCUT2D eigenvalue weighted by Gasteiger charge is 2.14. The van der Waals surface area contributed by atoms with E-state index in [0.29, 0.717) is 6.42 Å². The van der Waals surface area contributed by atoms with Crippen molar-refractivity contribution >= 4 is 5.78 Å². The molecule has 0 fully saturated rings. The molecule has 0 rings (SSSR count). The summed E-state index contributed by atoms with van der Waals surface area (Å²) >= 11 is 0. The molecule has 0 saturated heterocycles. The number of ether oxygens (including phenoxy) is 1. The lowest BCUT2D eigenvalue weighted by Crippen LogP contribution is -2.21. The van der Waals surface area contributed by atoms with Crippen LogP contribution in [0.5, 0.6) is 0 Å². The normalized spacial score (nSPS) is 12.9. The highest BCUT2D eigenvalue weighted by molar-refractivity contribution is 5.75. The highest BCUT2D eigenvalue weighted by Crippen LogP contribution is 2.18. The van der Waals surface area contributed by atoms with Crippen LogP contribution in [0, 0.1) is 0 Å². The SMILES string of the molecule is COC(C)(C)CCC/C(C)=C/CCC(C)=O. The topological polar surface area (TPSA) is 26.3 Å². The van der Waals surface area contributed by atoms with Crippen LogP contribution in [0.15, 0.2) is 11.6 Å². The molecule has 0 saturated carbocycles. The zero-order valence-electron chi connectivity index (χ0n) is 11.4. The first-order valence-electron chi connectivity index (χ1n) is 6.07. The molecule has 0 unspecified atom stereocenters. The van der Waals surface area contributed by atoms with Crippen LogP contribution < -0.4 is 0 Å². The van der Waals surface area contributed by atoms with Crippen LogP contribution in [0.2, 0.25) is 0 Å². The molecule has 0 aliphatic heterocycles. The minimum absolute atomic E-state index is 0.0142. The molecule has 0 aliphatic carbocycles. The molecule has 0 aromatic heterocycles. The Morgan fingerprint density at radius 1 is 1.25 bits per heavy atom. The van der Waals surface area contributed by atoms with Gasteiger partial charge in [-0.1, -0.05) is 11.6 Å². The third kappa shape index (κ3) is 8.66. The maximum Gasteiger partial charge on any atom is 0.130 e. The van der Waals surface area contributed by atoms with Gasteiger partial charge in [-0.2, -0.15) is 0 Å². The van der Waals surface area contributed by atoms with Gasteiger partial charge < -0.3 is 9.53 Å². The van der Waals surface area contributed by atoms with Crippen LogP contribution in [-0.2, 0) is 9.53 Å². The van der Waals surface area contributed by atoms with E-state index >= 15 is 0 Å². The second-order valence-corrected chi connectivity index (χ2v) is 5.11. The zero-order chi connectivity index (χ0) is 12.6. The highest BCUT2D eigenvalue weighted by atomic mass is 16.5. The molecule has 16 heavy (non-hydrogen) atoms. The van der Waals surface area contributed by atoms with Crippen molar-refractivity contribution in [2.45, 2.75) is 65.4 Å². The molecule has 0 amide bonds.